The zero-order valence-electron chi connectivity index (χ0n) is 26.4. The number of rotatable bonds is 7. The van der Waals surface area contributed by atoms with E-state index in [2.05, 4.69) is 67.4 Å². The van der Waals surface area contributed by atoms with E-state index in [1.807, 2.05) is 71.0 Å². The van der Waals surface area contributed by atoms with E-state index in [-0.39, 0.29) is 17.4 Å². The molecule has 4 heteroatoms. The molecule has 4 rings (SSSR count). The minimum Gasteiger partial charge on any atom is -0.497 e. The molecule has 1 aliphatic rings. The van der Waals surface area contributed by atoms with Gasteiger partial charge in [0.05, 0.1) is 13.2 Å². The first-order chi connectivity index (χ1) is 19.2. The van der Waals surface area contributed by atoms with Crippen LogP contribution in [0.3, 0.4) is 0 Å². The van der Waals surface area contributed by atoms with E-state index in [9.17, 15) is 4.79 Å². The molecule has 1 fully saturated rings. The average molecular weight is 545 g/mol. The minimum absolute atomic E-state index is 0.00724. The third kappa shape index (κ3) is 9.52. The predicted molar refractivity (Wildman–Crippen MR) is 170 cm³/mol. The van der Waals surface area contributed by atoms with Crippen molar-refractivity contribution < 1.29 is 9.53 Å². The number of hydrogen-bond donors (Lipinski definition) is 1. The van der Waals surface area contributed by atoms with E-state index in [1.165, 1.54) is 16.7 Å². The molecule has 1 aliphatic heterocycles. The van der Waals surface area contributed by atoms with E-state index < -0.39 is 0 Å². The molecule has 3 aromatic rings. The Bertz CT molecular complexity index is 1130. The zero-order chi connectivity index (χ0) is 29.7. The second kappa shape index (κ2) is 16.2. The van der Waals surface area contributed by atoms with Gasteiger partial charge >= 0.3 is 0 Å². The van der Waals surface area contributed by atoms with Crippen LogP contribution in [-0.2, 0) is 12.0 Å². The molecule has 1 N–H and O–H groups in total. The van der Waals surface area contributed by atoms with E-state index in [4.69, 9.17) is 4.74 Å². The molecule has 4 nitrogen and oxygen atoms in total. The number of likely N-dealkylation sites (tertiary alicyclic amines) is 1. The van der Waals surface area contributed by atoms with Gasteiger partial charge in [-0.3, -0.25) is 9.69 Å². The van der Waals surface area contributed by atoms with Gasteiger partial charge in [-0.1, -0.05) is 103 Å². The lowest BCUT2D eigenvalue weighted by atomic mass is 9.83. The van der Waals surface area contributed by atoms with Crippen molar-refractivity contribution >= 4 is 5.91 Å². The fourth-order valence-electron chi connectivity index (χ4n) is 5.09. The Morgan fingerprint density at radius 3 is 2.08 bits per heavy atom. The van der Waals surface area contributed by atoms with Crippen LogP contribution in [-0.4, -0.2) is 31.0 Å². The van der Waals surface area contributed by atoms with Gasteiger partial charge in [0.25, 0.3) is 5.91 Å². The van der Waals surface area contributed by atoms with Crippen molar-refractivity contribution in [3.05, 3.63) is 101 Å². The summed E-state index contributed by atoms with van der Waals surface area (Å²) in [5, 5.41) is 3.41. The largest absolute Gasteiger partial charge is 0.497 e. The molecule has 1 amide bonds. The Morgan fingerprint density at radius 2 is 1.52 bits per heavy atom. The molecule has 3 aromatic carbocycles. The van der Waals surface area contributed by atoms with Crippen LogP contribution in [0.2, 0.25) is 0 Å². The van der Waals surface area contributed by atoms with Gasteiger partial charge in [-0.15, -0.1) is 0 Å². The first-order valence-electron chi connectivity index (χ1n) is 15.1. The van der Waals surface area contributed by atoms with Gasteiger partial charge in [0.1, 0.15) is 5.75 Å². The van der Waals surface area contributed by atoms with Crippen LogP contribution in [0.25, 0.3) is 0 Å². The molecule has 218 valence electrons. The number of nitrogens with one attached hydrogen (secondary N) is 1. The number of hydrogen-bond acceptors (Lipinski definition) is 3. The zero-order valence-corrected chi connectivity index (χ0v) is 26.4. The van der Waals surface area contributed by atoms with Gasteiger partial charge in [-0.2, -0.15) is 0 Å². The van der Waals surface area contributed by atoms with E-state index in [0.29, 0.717) is 11.5 Å². The quantitative estimate of drug-likeness (QED) is 0.323. The van der Waals surface area contributed by atoms with Crippen molar-refractivity contribution in [2.75, 3.05) is 20.2 Å². The highest BCUT2D eigenvalue weighted by atomic mass is 16.5. The predicted octanol–water partition coefficient (Wildman–Crippen LogP) is 8.74. The fraction of sp³-hybridized carbons (Fsp3) is 0.472. The maximum atomic E-state index is 13.3. The normalized spacial score (nSPS) is 16.0. The molecule has 0 saturated carbocycles. The lowest BCUT2D eigenvalue weighted by Crippen LogP contribution is -2.42. The molecule has 1 heterocycles. The van der Waals surface area contributed by atoms with Crippen LogP contribution >= 0.6 is 0 Å². The topological polar surface area (TPSA) is 41.6 Å². The molecule has 0 aliphatic carbocycles. The fourth-order valence-corrected chi connectivity index (χ4v) is 5.09. The number of carbonyl (C=O) groups is 1. The van der Waals surface area contributed by atoms with E-state index >= 15 is 0 Å². The summed E-state index contributed by atoms with van der Waals surface area (Å²) < 4.78 is 5.31. The lowest BCUT2D eigenvalue weighted by molar-refractivity contribution is 0.0878. The summed E-state index contributed by atoms with van der Waals surface area (Å²) in [7, 11) is 1.70. The smallest absolute Gasteiger partial charge is 0.251 e. The van der Waals surface area contributed by atoms with Gasteiger partial charge in [-0.05, 0) is 78.6 Å². The summed E-state index contributed by atoms with van der Waals surface area (Å²) >= 11 is 0. The van der Waals surface area contributed by atoms with Crippen LogP contribution in [0.15, 0.2) is 72.8 Å². The van der Waals surface area contributed by atoms with Crippen molar-refractivity contribution in [1.29, 1.82) is 0 Å². The summed E-state index contributed by atoms with van der Waals surface area (Å²) in [5.41, 5.74) is 5.73. The van der Waals surface area contributed by atoms with Crippen molar-refractivity contribution in [1.82, 2.24) is 10.2 Å². The Hall–Kier alpha value is -3.11. The van der Waals surface area contributed by atoms with E-state index in [0.717, 1.165) is 43.8 Å². The minimum atomic E-state index is -0.0357. The Balaban J connectivity index is 0.00000134. The lowest BCUT2D eigenvalue weighted by Gasteiger charge is -2.38. The number of carbonyl (C=O) groups excluding carboxylic acids is 1. The molecular formula is C36H52N2O2. The number of piperidine rings is 1. The van der Waals surface area contributed by atoms with Crippen molar-refractivity contribution in [2.45, 2.75) is 86.2 Å². The number of amides is 1. The van der Waals surface area contributed by atoms with Crippen LogP contribution < -0.4 is 10.1 Å². The molecule has 2 unspecified atom stereocenters. The van der Waals surface area contributed by atoms with Crippen molar-refractivity contribution in [2.24, 2.45) is 5.92 Å². The van der Waals surface area contributed by atoms with Crippen LogP contribution in [0.4, 0.5) is 0 Å². The highest BCUT2D eigenvalue weighted by molar-refractivity contribution is 5.94. The van der Waals surface area contributed by atoms with Gasteiger partial charge in [-0.25, -0.2) is 0 Å². The molecule has 0 bridgehead atoms. The van der Waals surface area contributed by atoms with Crippen LogP contribution in [0.1, 0.15) is 100.0 Å². The monoisotopic (exact) mass is 544 g/mol. The first kappa shape index (κ1) is 33.1. The molecule has 40 heavy (non-hydrogen) atoms. The summed E-state index contributed by atoms with van der Waals surface area (Å²) in [6.07, 6.45) is 2.22. The number of ether oxygens (including phenoxy) is 1. The molecule has 0 radical (unpaired) electrons. The SMILES string of the molecule is CC.CC.COc1ccc(CN2CCCC(C(NC(=O)c3ccc(C)cc3)c3ccc(C(C)(C)C)cc3)C2)cc1. The number of methoxy groups -OCH3 is 1. The van der Waals surface area contributed by atoms with Gasteiger partial charge < -0.3 is 10.1 Å². The van der Waals surface area contributed by atoms with Crippen molar-refractivity contribution in [3.8, 4) is 5.75 Å². The molecule has 0 spiro atoms. The third-order valence-electron chi connectivity index (χ3n) is 7.31. The molecule has 0 aromatic heterocycles. The second-order valence-electron chi connectivity index (χ2n) is 11.2. The average Bonchev–Trinajstić information content (AvgIpc) is 2.98. The number of nitrogens with zero attached hydrogens (tertiary/aromatic N) is 1. The molecule has 2 atom stereocenters. The standard InChI is InChI=1S/C32H40N2O2.2C2H6/c1-23-8-12-26(13-9-23)31(35)33-30(25-14-16-28(17-15-25)32(2,3)4)27-7-6-20-34(22-27)21-24-10-18-29(36-5)19-11-24;2*1-2/h8-19,27,30H,6-7,20-22H2,1-5H3,(H,33,35);2*1-2H3. The van der Waals surface area contributed by atoms with Gasteiger partial charge in [0.2, 0.25) is 0 Å². The summed E-state index contributed by atoms with van der Waals surface area (Å²) in [6, 6.07) is 25.0. The van der Waals surface area contributed by atoms with E-state index in [1.54, 1.807) is 7.11 Å². The Labute approximate surface area is 244 Å². The van der Waals surface area contributed by atoms with Gasteiger partial charge in [0.15, 0.2) is 0 Å². The van der Waals surface area contributed by atoms with Gasteiger partial charge in [0, 0.05) is 18.7 Å². The van der Waals surface area contributed by atoms with Crippen molar-refractivity contribution in [3.63, 3.8) is 0 Å². The van der Waals surface area contributed by atoms with Crippen LogP contribution in [0.5, 0.6) is 5.75 Å². The summed E-state index contributed by atoms with van der Waals surface area (Å²) in [4.78, 5) is 15.8. The maximum absolute atomic E-state index is 13.3. The second-order valence-corrected chi connectivity index (χ2v) is 11.2. The molecular weight excluding hydrogens is 492 g/mol. The summed E-state index contributed by atoms with van der Waals surface area (Å²) in [5.74, 6) is 1.21. The highest BCUT2D eigenvalue weighted by Gasteiger charge is 2.30. The first-order valence-corrected chi connectivity index (χ1v) is 15.1. The molecule has 1 saturated heterocycles. The third-order valence-corrected chi connectivity index (χ3v) is 7.31. The number of aryl methyl sites for hydroxylation is 1. The summed E-state index contributed by atoms with van der Waals surface area (Å²) in [6.45, 7) is 19.7. The van der Waals surface area contributed by atoms with Crippen LogP contribution in [0, 0.1) is 12.8 Å². The Morgan fingerprint density at radius 1 is 0.925 bits per heavy atom. The maximum Gasteiger partial charge on any atom is 0.251 e. The highest BCUT2D eigenvalue weighted by Crippen LogP contribution is 2.32. The Kier molecular flexibility index (Phi) is 13.4. The number of benzene rings is 3.